The van der Waals surface area contributed by atoms with Gasteiger partial charge in [0.05, 0.1) is 21.7 Å². The fourth-order valence-corrected chi connectivity index (χ4v) is 3.49. The molecule has 1 aliphatic rings. The molecule has 0 aliphatic carbocycles. The number of halogens is 6. The molecule has 0 fully saturated rings. The van der Waals surface area contributed by atoms with Gasteiger partial charge in [0, 0.05) is 28.2 Å². The van der Waals surface area contributed by atoms with Gasteiger partial charge in [0.1, 0.15) is 0 Å². The molecule has 3 rings (SSSR count). The second-order valence-electron chi connectivity index (χ2n) is 5.93. The Labute approximate surface area is 172 Å². The molecule has 1 N–H and O–H groups in total. The van der Waals surface area contributed by atoms with Crippen molar-refractivity contribution in [1.82, 2.24) is 5.48 Å². The number of hydroxylamine groups is 1. The van der Waals surface area contributed by atoms with Crippen LogP contribution in [0.3, 0.4) is 0 Å². The van der Waals surface area contributed by atoms with Crippen molar-refractivity contribution in [2.75, 3.05) is 12.1 Å². The second kappa shape index (κ2) is 7.44. The molecular formula is C17H11Cl3F3N3O2. The lowest BCUT2D eigenvalue weighted by molar-refractivity contribution is -0.269. The number of hydrogen-bond donors (Lipinski definition) is 1. The lowest BCUT2D eigenvalue weighted by atomic mass is 9.91. The van der Waals surface area contributed by atoms with E-state index < -0.39 is 11.8 Å². The van der Waals surface area contributed by atoms with Crippen LogP contribution in [-0.2, 0) is 10.4 Å². The van der Waals surface area contributed by atoms with Crippen molar-refractivity contribution < 1.29 is 18.0 Å². The average Bonchev–Trinajstić information content (AvgIpc) is 3.07. The van der Waals surface area contributed by atoms with Crippen LogP contribution >= 0.6 is 34.8 Å². The Morgan fingerprint density at radius 3 is 2.32 bits per heavy atom. The van der Waals surface area contributed by atoms with Crippen LogP contribution in [0.1, 0.15) is 11.1 Å². The Kier molecular flexibility index (Phi) is 5.51. The monoisotopic (exact) mass is 451 g/mol. The molecule has 0 amide bonds. The molecule has 1 unspecified atom stereocenters. The van der Waals surface area contributed by atoms with Gasteiger partial charge in [-0.05, 0) is 36.4 Å². The van der Waals surface area contributed by atoms with Crippen molar-refractivity contribution in [3.05, 3.63) is 73.6 Å². The molecule has 28 heavy (non-hydrogen) atoms. The van der Waals surface area contributed by atoms with Crippen molar-refractivity contribution in [2.24, 2.45) is 5.29 Å². The zero-order chi connectivity index (χ0) is 20.7. The summed E-state index contributed by atoms with van der Waals surface area (Å²) in [5.41, 5.74) is -0.275. The highest BCUT2D eigenvalue weighted by atomic mass is 35.5. The second-order valence-corrected chi connectivity index (χ2v) is 7.21. The summed E-state index contributed by atoms with van der Waals surface area (Å²) in [6.07, 6.45) is -3.96. The number of nitroso groups, excluding NO2 is 1. The van der Waals surface area contributed by atoms with E-state index in [0.717, 1.165) is 23.2 Å². The zero-order valence-electron chi connectivity index (χ0n) is 14.0. The third kappa shape index (κ3) is 3.65. The van der Waals surface area contributed by atoms with E-state index in [1.54, 1.807) is 0 Å². The van der Waals surface area contributed by atoms with Gasteiger partial charge in [0.25, 0.3) is 0 Å². The molecular weight excluding hydrogens is 442 g/mol. The minimum Gasteiger partial charge on any atom is -0.265 e. The average molecular weight is 453 g/mol. The van der Waals surface area contributed by atoms with Gasteiger partial charge in [-0.3, -0.25) is 10.3 Å². The predicted octanol–water partition coefficient (Wildman–Crippen LogP) is 6.10. The maximum Gasteiger partial charge on any atom is 0.428 e. The van der Waals surface area contributed by atoms with Crippen molar-refractivity contribution in [3.8, 4) is 0 Å². The van der Waals surface area contributed by atoms with Crippen LogP contribution in [0.15, 0.2) is 47.8 Å². The molecule has 0 spiro atoms. The Bertz CT molecular complexity index is 948. The highest BCUT2D eigenvalue weighted by molar-refractivity contribution is 6.34. The van der Waals surface area contributed by atoms with Crippen LogP contribution in [0.2, 0.25) is 15.1 Å². The van der Waals surface area contributed by atoms with Crippen molar-refractivity contribution in [3.63, 3.8) is 0 Å². The summed E-state index contributed by atoms with van der Waals surface area (Å²) in [4.78, 5) is 15.8. The first-order chi connectivity index (χ1) is 13.1. The Morgan fingerprint density at radius 1 is 1.11 bits per heavy atom. The maximum atomic E-state index is 14.0. The van der Waals surface area contributed by atoms with E-state index in [-0.39, 0.29) is 32.0 Å². The number of nitrogens with one attached hydrogen (secondary N) is 1. The van der Waals surface area contributed by atoms with Gasteiger partial charge in [-0.1, -0.05) is 40.9 Å². The van der Waals surface area contributed by atoms with Crippen LogP contribution < -0.4 is 10.5 Å². The third-order valence-electron chi connectivity index (χ3n) is 4.11. The van der Waals surface area contributed by atoms with Gasteiger partial charge in [-0.15, -0.1) is 4.91 Å². The van der Waals surface area contributed by atoms with E-state index in [1.807, 2.05) is 0 Å². The molecule has 1 heterocycles. The summed E-state index contributed by atoms with van der Waals surface area (Å²) in [6.45, 7) is 0. The standard InChI is InChI=1S/C17H11Cl3F3N3O2/c1-26(25-27)15-4-9(2-3-13(15)20)14-8-16(28-24-14,17(21,22)23)10-5-11(18)7-12(19)6-10/h2-8,24H,1H3. The number of alkyl halides is 3. The first-order valence-corrected chi connectivity index (χ1v) is 8.78. The van der Waals surface area contributed by atoms with Gasteiger partial charge in [-0.2, -0.15) is 13.2 Å². The van der Waals surface area contributed by atoms with E-state index >= 15 is 0 Å². The summed E-state index contributed by atoms with van der Waals surface area (Å²) < 4.78 is 42.0. The Morgan fingerprint density at radius 2 is 1.75 bits per heavy atom. The molecule has 1 atom stereocenters. The molecule has 2 aromatic rings. The molecule has 0 bridgehead atoms. The molecule has 148 valence electrons. The Balaban J connectivity index is 2.14. The molecule has 0 saturated carbocycles. The molecule has 2 aromatic carbocycles. The number of anilines is 1. The van der Waals surface area contributed by atoms with E-state index in [0.29, 0.717) is 5.56 Å². The van der Waals surface area contributed by atoms with E-state index in [2.05, 4.69) is 10.8 Å². The normalized spacial score (nSPS) is 19.2. The fourth-order valence-electron chi connectivity index (χ4n) is 2.73. The number of benzene rings is 2. The maximum absolute atomic E-state index is 14.0. The predicted molar refractivity (Wildman–Crippen MR) is 102 cm³/mol. The van der Waals surface area contributed by atoms with Gasteiger partial charge < -0.3 is 0 Å². The van der Waals surface area contributed by atoms with Crippen LogP contribution in [-0.4, -0.2) is 13.2 Å². The van der Waals surface area contributed by atoms with Gasteiger partial charge in [0.15, 0.2) is 0 Å². The lowest BCUT2D eigenvalue weighted by Gasteiger charge is -2.28. The summed E-state index contributed by atoms with van der Waals surface area (Å²) in [5, 5.41) is 3.96. The smallest absolute Gasteiger partial charge is 0.265 e. The minimum absolute atomic E-state index is 0.0191. The van der Waals surface area contributed by atoms with E-state index in [1.165, 1.54) is 31.3 Å². The fraction of sp³-hybridized carbons (Fsp3) is 0.176. The highest BCUT2D eigenvalue weighted by Crippen LogP contribution is 2.48. The number of hydrogen-bond acceptors (Lipinski definition) is 4. The molecule has 11 heteroatoms. The Hall–Kier alpha value is -2.00. The molecule has 0 radical (unpaired) electrons. The molecule has 5 nitrogen and oxygen atoms in total. The quantitative estimate of drug-likeness (QED) is 0.450. The van der Waals surface area contributed by atoms with Gasteiger partial charge >= 0.3 is 6.18 Å². The summed E-state index contributed by atoms with van der Waals surface area (Å²) in [7, 11) is 1.36. The van der Waals surface area contributed by atoms with Crippen molar-refractivity contribution in [2.45, 2.75) is 11.8 Å². The topological polar surface area (TPSA) is 53.9 Å². The summed E-state index contributed by atoms with van der Waals surface area (Å²) >= 11 is 17.8. The minimum atomic E-state index is -4.83. The van der Waals surface area contributed by atoms with Crippen LogP contribution in [0.25, 0.3) is 5.70 Å². The van der Waals surface area contributed by atoms with Gasteiger partial charge in [-0.25, -0.2) is 5.01 Å². The largest absolute Gasteiger partial charge is 0.428 e. The third-order valence-corrected chi connectivity index (χ3v) is 4.87. The van der Waals surface area contributed by atoms with E-state index in [4.69, 9.17) is 39.6 Å². The van der Waals surface area contributed by atoms with Crippen LogP contribution in [0.4, 0.5) is 18.9 Å². The molecule has 0 saturated heterocycles. The summed E-state index contributed by atoms with van der Waals surface area (Å²) in [6, 6.07) is 7.88. The SMILES string of the molecule is CN(N=O)c1cc(C2=CC(c3cc(Cl)cc(Cl)c3)(C(F)(F)F)ON2)ccc1Cl. The highest BCUT2D eigenvalue weighted by Gasteiger charge is 2.59. The first kappa shape index (κ1) is 20.7. The van der Waals surface area contributed by atoms with Crippen molar-refractivity contribution in [1.29, 1.82) is 0 Å². The summed E-state index contributed by atoms with van der Waals surface area (Å²) in [5.74, 6) is 0. The van der Waals surface area contributed by atoms with E-state index in [9.17, 15) is 18.1 Å². The van der Waals surface area contributed by atoms with Crippen LogP contribution in [0.5, 0.6) is 0 Å². The first-order valence-electron chi connectivity index (χ1n) is 7.64. The molecule has 1 aliphatic heterocycles. The number of nitrogens with zero attached hydrogens (tertiary/aromatic N) is 2. The lowest BCUT2D eigenvalue weighted by Crippen LogP contribution is -2.42. The van der Waals surface area contributed by atoms with Crippen molar-refractivity contribution >= 4 is 46.2 Å². The zero-order valence-corrected chi connectivity index (χ0v) is 16.3. The molecule has 0 aromatic heterocycles. The number of rotatable bonds is 4. The van der Waals surface area contributed by atoms with Gasteiger partial charge in [0.2, 0.25) is 5.60 Å². The van der Waals surface area contributed by atoms with Crippen LogP contribution in [0, 0.1) is 4.91 Å².